The van der Waals surface area contributed by atoms with E-state index in [4.69, 9.17) is 9.47 Å². The number of halogens is 2. The van der Waals surface area contributed by atoms with Crippen LogP contribution in [-0.4, -0.2) is 29.6 Å². The second-order valence-corrected chi connectivity index (χ2v) is 6.83. The Kier molecular flexibility index (Phi) is 6.67. The van der Waals surface area contributed by atoms with Crippen molar-refractivity contribution in [3.05, 3.63) is 20.6 Å². The Morgan fingerprint density at radius 2 is 2.05 bits per heavy atom. The van der Waals surface area contributed by atoms with Gasteiger partial charge in [-0.2, -0.15) is 5.10 Å². The van der Waals surface area contributed by atoms with Gasteiger partial charge < -0.3 is 14.6 Å². The van der Waals surface area contributed by atoms with E-state index in [1.54, 1.807) is 26.8 Å². The maximum Gasteiger partial charge on any atom is 0.428 e. The molecule has 0 unspecified atom stereocenters. The maximum absolute atomic E-state index is 11.5. The molecule has 0 aliphatic rings. The molecule has 1 amide bonds. The van der Waals surface area contributed by atoms with Crippen molar-refractivity contribution < 1.29 is 19.4 Å². The number of nitrogens with one attached hydrogen (secondary N) is 1. The Labute approximate surface area is 146 Å². The number of phenolic OH excluding ortho intramolecular Hbond substituents is 1. The molecule has 2 N–H and O–H groups in total. The maximum atomic E-state index is 11.5. The minimum Gasteiger partial charge on any atom is -0.503 e. The molecule has 1 aromatic carbocycles. The fourth-order valence-corrected chi connectivity index (χ4v) is 2.26. The molecule has 0 atom stereocenters. The molecule has 0 radical (unpaired) electrons. The first kappa shape index (κ1) is 18.8. The molecule has 1 aromatic rings. The monoisotopic (exact) mass is 436 g/mol. The average molecular weight is 438 g/mol. The van der Waals surface area contributed by atoms with Crippen LogP contribution in [0.5, 0.6) is 11.5 Å². The van der Waals surface area contributed by atoms with Crippen LogP contribution >= 0.6 is 31.9 Å². The van der Waals surface area contributed by atoms with E-state index in [0.717, 1.165) is 0 Å². The molecule has 0 heterocycles. The summed E-state index contributed by atoms with van der Waals surface area (Å²) in [6.07, 6.45) is 0.767. The van der Waals surface area contributed by atoms with E-state index < -0.39 is 11.7 Å². The summed E-state index contributed by atoms with van der Waals surface area (Å²) >= 11 is 6.60. The summed E-state index contributed by atoms with van der Waals surface area (Å²) in [6, 6.07) is 1.61. The van der Waals surface area contributed by atoms with E-state index in [0.29, 0.717) is 26.9 Å². The molecule has 0 bridgehead atoms. The van der Waals surface area contributed by atoms with Crippen molar-refractivity contribution in [3.8, 4) is 11.5 Å². The van der Waals surface area contributed by atoms with Crippen LogP contribution in [0, 0.1) is 0 Å². The minimum absolute atomic E-state index is 0.00836. The molecular weight excluding hydrogens is 420 g/mol. The van der Waals surface area contributed by atoms with Gasteiger partial charge in [-0.15, -0.1) is 0 Å². The number of hydrazone groups is 1. The highest BCUT2D eigenvalue weighted by atomic mass is 79.9. The summed E-state index contributed by atoms with van der Waals surface area (Å²) < 4.78 is 11.4. The van der Waals surface area contributed by atoms with Gasteiger partial charge in [0.05, 0.1) is 17.3 Å². The van der Waals surface area contributed by atoms with E-state index in [1.807, 2.05) is 6.92 Å². The molecule has 6 nitrogen and oxygen atoms in total. The van der Waals surface area contributed by atoms with E-state index in [9.17, 15) is 9.90 Å². The van der Waals surface area contributed by atoms with Crippen LogP contribution in [0.4, 0.5) is 4.79 Å². The molecule has 8 heteroatoms. The smallest absolute Gasteiger partial charge is 0.428 e. The van der Waals surface area contributed by atoms with Gasteiger partial charge in [0.1, 0.15) is 5.60 Å². The molecule has 0 saturated carbocycles. The van der Waals surface area contributed by atoms with Gasteiger partial charge in [-0.05, 0) is 65.6 Å². The largest absolute Gasteiger partial charge is 0.503 e. The SMILES string of the molecule is CCOc1cc(C=NNC(=O)OC(C)(C)C)c(Br)c(Br)c1O. The number of rotatable bonds is 4. The summed E-state index contributed by atoms with van der Waals surface area (Å²) in [6.45, 7) is 7.51. The zero-order chi connectivity index (χ0) is 16.9. The van der Waals surface area contributed by atoms with Crippen molar-refractivity contribution in [3.63, 3.8) is 0 Å². The van der Waals surface area contributed by atoms with Crippen LogP contribution in [-0.2, 0) is 4.74 Å². The van der Waals surface area contributed by atoms with Crippen molar-refractivity contribution in [2.45, 2.75) is 33.3 Å². The zero-order valence-corrected chi connectivity index (χ0v) is 15.9. The number of phenols is 1. The van der Waals surface area contributed by atoms with Crippen LogP contribution in [0.25, 0.3) is 0 Å². The van der Waals surface area contributed by atoms with E-state index >= 15 is 0 Å². The number of hydrogen-bond acceptors (Lipinski definition) is 5. The van der Waals surface area contributed by atoms with Crippen LogP contribution < -0.4 is 10.2 Å². The van der Waals surface area contributed by atoms with Gasteiger partial charge in [0.25, 0.3) is 0 Å². The topological polar surface area (TPSA) is 80.2 Å². The van der Waals surface area contributed by atoms with Gasteiger partial charge in [0.2, 0.25) is 0 Å². The lowest BCUT2D eigenvalue weighted by Gasteiger charge is -2.18. The van der Waals surface area contributed by atoms with Crippen molar-refractivity contribution >= 4 is 44.2 Å². The molecule has 0 aromatic heterocycles. The molecule has 0 aliphatic carbocycles. The molecule has 122 valence electrons. The lowest BCUT2D eigenvalue weighted by Crippen LogP contribution is -2.29. The number of nitrogens with zero attached hydrogens (tertiary/aromatic N) is 1. The fourth-order valence-electron chi connectivity index (χ4n) is 1.43. The lowest BCUT2D eigenvalue weighted by atomic mass is 10.2. The van der Waals surface area contributed by atoms with E-state index in [2.05, 4.69) is 42.4 Å². The quantitative estimate of drug-likeness (QED) is 0.547. The third-order valence-corrected chi connectivity index (χ3v) is 4.39. The predicted molar refractivity (Wildman–Crippen MR) is 91.6 cm³/mol. The summed E-state index contributed by atoms with van der Waals surface area (Å²) in [5.41, 5.74) is 2.29. The second-order valence-electron chi connectivity index (χ2n) is 5.25. The number of aromatic hydroxyl groups is 1. The standard InChI is InChI=1S/C14H18Br2N2O4/c1-5-21-9-6-8(10(15)11(16)12(9)19)7-17-18-13(20)22-14(2,3)4/h6-7,19H,5H2,1-4H3,(H,18,20). The van der Waals surface area contributed by atoms with E-state index in [-0.39, 0.29) is 5.75 Å². The number of ether oxygens (including phenoxy) is 2. The van der Waals surface area contributed by atoms with Crippen LogP contribution in [0.1, 0.15) is 33.3 Å². The van der Waals surface area contributed by atoms with Gasteiger partial charge >= 0.3 is 6.09 Å². The number of carbonyl (C=O) groups is 1. The van der Waals surface area contributed by atoms with Gasteiger partial charge in [0.15, 0.2) is 11.5 Å². The first-order valence-corrected chi connectivity index (χ1v) is 8.10. The van der Waals surface area contributed by atoms with Crippen LogP contribution in [0.2, 0.25) is 0 Å². The number of amides is 1. The van der Waals surface area contributed by atoms with Crippen molar-refractivity contribution in [1.82, 2.24) is 5.43 Å². The molecule has 1 rings (SSSR count). The summed E-state index contributed by atoms with van der Waals surface area (Å²) in [7, 11) is 0. The first-order chi connectivity index (χ1) is 10.2. The second kappa shape index (κ2) is 7.82. The summed E-state index contributed by atoms with van der Waals surface area (Å²) in [5, 5.41) is 13.8. The highest BCUT2D eigenvalue weighted by Gasteiger charge is 2.16. The molecular formula is C14H18Br2N2O4. The molecule has 0 saturated heterocycles. The highest BCUT2D eigenvalue weighted by molar-refractivity contribution is 9.13. The Balaban J connectivity index is 2.89. The predicted octanol–water partition coefficient (Wildman–Crippen LogP) is 4.17. The zero-order valence-electron chi connectivity index (χ0n) is 12.7. The van der Waals surface area contributed by atoms with Crippen molar-refractivity contribution in [1.29, 1.82) is 0 Å². The number of hydrogen-bond donors (Lipinski definition) is 2. The third kappa shape index (κ3) is 5.49. The lowest BCUT2D eigenvalue weighted by molar-refractivity contribution is 0.0529. The summed E-state index contributed by atoms with van der Waals surface area (Å²) in [4.78, 5) is 11.5. The molecule has 0 spiro atoms. The highest BCUT2D eigenvalue weighted by Crippen LogP contribution is 2.41. The molecule has 0 fully saturated rings. The average Bonchev–Trinajstić information content (AvgIpc) is 2.39. The van der Waals surface area contributed by atoms with Gasteiger partial charge in [-0.25, -0.2) is 10.2 Å². The number of carbonyl (C=O) groups excluding carboxylic acids is 1. The number of benzene rings is 1. The summed E-state index contributed by atoms with van der Waals surface area (Å²) in [5.74, 6) is 0.308. The fraction of sp³-hybridized carbons (Fsp3) is 0.429. The normalized spacial score (nSPS) is 11.5. The minimum atomic E-state index is -0.650. The first-order valence-electron chi connectivity index (χ1n) is 6.51. The third-order valence-electron chi connectivity index (χ3n) is 2.23. The Hall–Kier alpha value is -1.28. The van der Waals surface area contributed by atoms with Crippen LogP contribution in [0.15, 0.2) is 20.1 Å². The van der Waals surface area contributed by atoms with Crippen molar-refractivity contribution in [2.24, 2.45) is 5.10 Å². The van der Waals surface area contributed by atoms with Gasteiger partial charge in [-0.1, -0.05) is 0 Å². The Bertz CT molecular complexity index is 583. The molecule has 22 heavy (non-hydrogen) atoms. The Morgan fingerprint density at radius 1 is 1.41 bits per heavy atom. The Morgan fingerprint density at radius 3 is 2.59 bits per heavy atom. The van der Waals surface area contributed by atoms with Gasteiger partial charge in [0, 0.05) is 10.0 Å². The van der Waals surface area contributed by atoms with Crippen molar-refractivity contribution in [2.75, 3.05) is 6.61 Å². The molecule has 0 aliphatic heterocycles. The van der Waals surface area contributed by atoms with Crippen LogP contribution in [0.3, 0.4) is 0 Å². The van der Waals surface area contributed by atoms with E-state index in [1.165, 1.54) is 6.21 Å². The van der Waals surface area contributed by atoms with Gasteiger partial charge in [-0.3, -0.25) is 0 Å².